The summed E-state index contributed by atoms with van der Waals surface area (Å²) in [6, 6.07) is 13.3. The molecule has 0 saturated heterocycles. The van der Waals surface area contributed by atoms with Crippen LogP contribution in [0.1, 0.15) is 49.8 Å². The molecule has 2 aromatic rings. The topological polar surface area (TPSA) is 66.4 Å². The zero-order valence-electron chi connectivity index (χ0n) is 15.9. The molecule has 27 heavy (non-hydrogen) atoms. The van der Waals surface area contributed by atoms with Gasteiger partial charge in [0.1, 0.15) is 0 Å². The number of aryl methyl sites for hydroxylation is 1. The van der Waals surface area contributed by atoms with Crippen molar-refractivity contribution in [1.29, 1.82) is 0 Å². The van der Waals surface area contributed by atoms with Gasteiger partial charge in [-0.3, -0.25) is 0 Å². The highest BCUT2D eigenvalue weighted by Crippen LogP contribution is 2.29. The Morgan fingerprint density at radius 2 is 1.67 bits per heavy atom. The van der Waals surface area contributed by atoms with Gasteiger partial charge in [0.25, 0.3) is 0 Å². The molecule has 0 unspecified atom stereocenters. The van der Waals surface area contributed by atoms with E-state index in [1.165, 1.54) is 0 Å². The molecule has 0 saturated carbocycles. The zero-order valence-corrected chi connectivity index (χ0v) is 17.4. The normalized spacial score (nSPS) is 14.1. The van der Waals surface area contributed by atoms with Crippen molar-refractivity contribution in [2.75, 3.05) is 6.61 Å². The van der Waals surface area contributed by atoms with Crippen LogP contribution in [0.4, 0.5) is 0 Å². The van der Waals surface area contributed by atoms with Crippen LogP contribution in [0.3, 0.4) is 0 Å². The number of benzene rings is 2. The molecule has 0 bridgehead atoms. The van der Waals surface area contributed by atoms with Gasteiger partial charge in [-0.05, 0) is 43.2 Å². The number of hydrogen-bond donors (Lipinski definition) is 2. The van der Waals surface area contributed by atoms with Crippen molar-refractivity contribution >= 4 is 21.6 Å². The number of hydrogen-bond acceptors (Lipinski definition) is 3. The van der Waals surface area contributed by atoms with Gasteiger partial charge in [0.15, 0.2) is 0 Å². The number of rotatable bonds is 10. The first kappa shape index (κ1) is 21.9. The summed E-state index contributed by atoms with van der Waals surface area (Å²) >= 11 is 5.99. The Morgan fingerprint density at radius 3 is 2.22 bits per heavy atom. The highest BCUT2D eigenvalue weighted by Gasteiger charge is 2.28. The summed E-state index contributed by atoms with van der Waals surface area (Å²) in [4.78, 5) is 0.220. The quantitative estimate of drug-likeness (QED) is 0.551. The van der Waals surface area contributed by atoms with Crippen molar-refractivity contribution in [2.45, 2.75) is 50.5 Å². The molecule has 6 heteroatoms. The standard InChI is InChI=1S/C21H28ClNO3S/c1-3-4-5-6-18(15-24)21(17-9-11-19(22)12-10-17)23-27(25,26)20-13-7-16(2)8-14-20/h7-14,18,21,23-24H,3-6,15H2,1-2H3/t18-,21+/m0/s1. The molecule has 0 aliphatic heterocycles. The molecule has 4 nitrogen and oxygen atoms in total. The molecular formula is C21H28ClNO3S. The van der Waals surface area contributed by atoms with Crippen LogP contribution in [0.5, 0.6) is 0 Å². The van der Waals surface area contributed by atoms with Gasteiger partial charge in [-0.2, -0.15) is 0 Å². The van der Waals surface area contributed by atoms with E-state index < -0.39 is 16.1 Å². The zero-order chi connectivity index (χ0) is 19.9. The molecule has 0 aromatic heterocycles. The predicted molar refractivity (Wildman–Crippen MR) is 110 cm³/mol. The molecule has 2 aromatic carbocycles. The minimum absolute atomic E-state index is 0.0899. The number of nitrogens with one attached hydrogen (secondary N) is 1. The lowest BCUT2D eigenvalue weighted by molar-refractivity contribution is 0.187. The lowest BCUT2D eigenvalue weighted by atomic mass is 9.90. The van der Waals surface area contributed by atoms with E-state index in [0.29, 0.717) is 5.02 Å². The Labute approximate surface area is 167 Å². The lowest BCUT2D eigenvalue weighted by Gasteiger charge is -2.27. The fourth-order valence-electron chi connectivity index (χ4n) is 3.08. The van der Waals surface area contributed by atoms with Gasteiger partial charge in [-0.1, -0.05) is 67.6 Å². The van der Waals surface area contributed by atoms with E-state index in [4.69, 9.17) is 11.6 Å². The van der Waals surface area contributed by atoms with Crippen LogP contribution in [0, 0.1) is 12.8 Å². The first-order valence-corrected chi connectivity index (χ1v) is 11.2. The molecule has 2 atom stereocenters. The van der Waals surface area contributed by atoms with Gasteiger partial charge in [0, 0.05) is 17.5 Å². The highest BCUT2D eigenvalue weighted by molar-refractivity contribution is 7.89. The van der Waals surface area contributed by atoms with Crippen LogP contribution in [-0.4, -0.2) is 20.1 Å². The van der Waals surface area contributed by atoms with E-state index >= 15 is 0 Å². The van der Waals surface area contributed by atoms with Crippen LogP contribution in [0.15, 0.2) is 53.4 Å². The van der Waals surface area contributed by atoms with E-state index in [1.807, 2.05) is 19.1 Å². The molecule has 0 heterocycles. The number of unbranched alkanes of at least 4 members (excludes halogenated alkanes) is 2. The maximum atomic E-state index is 12.9. The third-order valence-corrected chi connectivity index (χ3v) is 6.44. The number of halogens is 1. The summed E-state index contributed by atoms with van der Waals surface area (Å²) in [5.74, 6) is -0.210. The van der Waals surface area contributed by atoms with Crippen molar-refractivity contribution in [3.05, 3.63) is 64.7 Å². The van der Waals surface area contributed by atoms with E-state index in [2.05, 4.69) is 11.6 Å². The number of aliphatic hydroxyl groups excluding tert-OH is 1. The molecule has 0 spiro atoms. The smallest absolute Gasteiger partial charge is 0.241 e. The average Bonchev–Trinajstić information content (AvgIpc) is 2.65. The summed E-state index contributed by atoms with van der Waals surface area (Å²) in [5.41, 5.74) is 1.79. The van der Waals surface area contributed by atoms with Gasteiger partial charge in [-0.25, -0.2) is 13.1 Å². The molecule has 0 aliphatic rings. The van der Waals surface area contributed by atoms with Crippen molar-refractivity contribution in [2.24, 2.45) is 5.92 Å². The molecule has 2 rings (SSSR count). The summed E-state index contributed by atoms with van der Waals surface area (Å²) in [5, 5.41) is 10.5. The first-order chi connectivity index (χ1) is 12.9. The maximum Gasteiger partial charge on any atom is 0.241 e. The summed E-state index contributed by atoms with van der Waals surface area (Å²) < 4.78 is 28.7. The van der Waals surface area contributed by atoms with Gasteiger partial charge in [0.2, 0.25) is 10.0 Å². The van der Waals surface area contributed by atoms with Gasteiger partial charge < -0.3 is 5.11 Å². The largest absolute Gasteiger partial charge is 0.396 e. The third-order valence-electron chi connectivity index (χ3n) is 4.73. The molecule has 0 amide bonds. The molecule has 0 aliphatic carbocycles. The van der Waals surface area contributed by atoms with Gasteiger partial charge in [-0.15, -0.1) is 0 Å². The maximum absolute atomic E-state index is 12.9. The van der Waals surface area contributed by atoms with Crippen LogP contribution in [-0.2, 0) is 10.0 Å². The van der Waals surface area contributed by atoms with Crippen LogP contribution in [0.2, 0.25) is 5.02 Å². The SMILES string of the molecule is CCCCC[C@@H](CO)[C@H](NS(=O)(=O)c1ccc(C)cc1)c1ccc(Cl)cc1. The van der Waals surface area contributed by atoms with Crippen molar-refractivity contribution in [3.8, 4) is 0 Å². The fourth-order valence-corrected chi connectivity index (χ4v) is 4.50. The van der Waals surface area contributed by atoms with E-state index in [-0.39, 0.29) is 17.4 Å². The van der Waals surface area contributed by atoms with E-state index in [1.54, 1.807) is 36.4 Å². The highest BCUT2D eigenvalue weighted by atomic mass is 35.5. The van der Waals surface area contributed by atoms with Gasteiger partial charge >= 0.3 is 0 Å². The van der Waals surface area contributed by atoms with E-state index in [9.17, 15) is 13.5 Å². The predicted octanol–water partition coefficient (Wildman–Crippen LogP) is 4.86. The first-order valence-electron chi connectivity index (χ1n) is 9.32. The molecule has 2 N–H and O–H groups in total. The molecule has 0 radical (unpaired) electrons. The Hall–Kier alpha value is -1.40. The Bertz CT molecular complexity index is 804. The molecule has 0 fully saturated rings. The number of sulfonamides is 1. The minimum Gasteiger partial charge on any atom is -0.396 e. The van der Waals surface area contributed by atoms with Crippen LogP contribution >= 0.6 is 11.6 Å². The van der Waals surface area contributed by atoms with Crippen molar-refractivity contribution < 1.29 is 13.5 Å². The molecular weight excluding hydrogens is 382 g/mol. The second kappa shape index (κ2) is 10.2. The Morgan fingerprint density at radius 1 is 1.04 bits per heavy atom. The van der Waals surface area contributed by atoms with Crippen LogP contribution < -0.4 is 4.72 Å². The summed E-state index contributed by atoms with van der Waals surface area (Å²) in [7, 11) is -3.71. The van der Waals surface area contributed by atoms with Crippen molar-refractivity contribution in [3.63, 3.8) is 0 Å². The Kier molecular flexibility index (Phi) is 8.29. The third kappa shape index (κ3) is 6.32. The van der Waals surface area contributed by atoms with Crippen LogP contribution in [0.25, 0.3) is 0 Å². The second-order valence-corrected chi connectivity index (χ2v) is 9.05. The monoisotopic (exact) mass is 409 g/mol. The lowest BCUT2D eigenvalue weighted by Crippen LogP contribution is -2.35. The van der Waals surface area contributed by atoms with Crippen molar-refractivity contribution in [1.82, 2.24) is 4.72 Å². The minimum atomic E-state index is -3.71. The summed E-state index contributed by atoms with van der Waals surface area (Å²) in [6.07, 6.45) is 3.81. The second-order valence-electron chi connectivity index (χ2n) is 6.90. The number of aliphatic hydroxyl groups is 1. The van der Waals surface area contributed by atoms with Gasteiger partial charge in [0.05, 0.1) is 10.9 Å². The average molecular weight is 410 g/mol. The Balaban J connectivity index is 2.33. The fraction of sp³-hybridized carbons (Fsp3) is 0.429. The van der Waals surface area contributed by atoms with E-state index in [0.717, 1.165) is 36.8 Å². The molecule has 148 valence electrons. The summed E-state index contributed by atoms with van der Waals surface area (Å²) in [6.45, 7) is 3.94.